The number of aliphatic hydroxyl groups excluding tert-OH is 4. The van der Waals surface area contributed by atoms with Gasteiger partial charge in [-0.3, -0.25) is 43.0 Å². The molecule has 25 heteroatoms. The summed E-state index contributed by atoms with van der Waals surface area (Å²) in [6, 6.07) is 0. The predicted octanol–water partition coefficient (Wildman–Crippen LogP) is 5.91. The summed E-state index contributed by atoms with van der Waals surface area (Å²) in [5, 5.41) is 41.4. The van der Waals surface area contributed by atoms with Crippen molar-refractivity contribution in [2.24, 2.45) is 0 Å². The van der Waals surface area contributed by atoms with Crippen molar-refractivity contribution in [3.05, 3.63) is 97.8 Å². The third-order valence-electron chi connectivity index (χ3n) is 15.7. The molecule has 3 fully saturated rings. The number of nitrogens with zero attached hydrogens (tertiary/aromatic N) is 3. The van der Waals surface area contributed by atoms with E-state index in [0.717, 1.165) is 4.57 Å². The number of aromatic nitrogens is 6. The standard InChI is InChI=1S/2C17H30N2O5Si.C11H16N2O5.C6H15ClSi/c1-8-11-13(24-25(6,7)17(3,4)5)12(20)15(23-11)19-9-10(2)14(21)18-16(19)22;1-8-11-12(20)13(24-25(6,7)17(3,4)5)15(23-11)19-9-10(2)14(21)18-16(19)22;1-3-6-7(14)8(15)10(18-6)13-4-5(2)9(16)12-11(13)17;1-6(2,3)8(4,5)7/h2*9,11-13,15,20H,8H2,1-7H3,(H,18,21,22);4,6-8,10,14-15H,3H2,1-2H3,(H,12,16,17);1-5H3/t11-,12+,13?,15-;11-,12?,13+,15-;6-,7?,8+,10-;/m111./s1. The molecule has 3 aromatic rings. The van der Waals surface area contributed by atoms with Gasteiger partial charge in [0, 0.05) is 35.3 Å². The Labute approximate surface area is 454 Å². The van der Waals surface area contributed by atoms with Crippen molar-refractivity contribution >= 4 is 35.1 Å². The number of hydrogen-bond acceptors (Lipinski definition) is 15. The summed E-state index contributed by atoms with van der Waals surface area (Å²) in [7, 11) is -5.70. The number of ether oxygens (including phenoxy) is 3. The van der Waals surface area contributed by atoms with Gasteiger partial charge in [0.25, 0.3) is 16.7 Å². The van der Waals surface area contributed by atoms with Gasteiger partial charge in [-0.25, -0.2) is 14.4 Å². The van der Waals surface area contributed by atoms with Gasteiger partial charge >= 0.3 is 17.1 Å². The van der Waals surface area contributed by atoms with Crippen LogP contribution in [-0.4, -0.2) is 128 Å². The molecule has 3 aliphatic heterocycles. The Morgan fingerprint density at radius 3 is 1.09 bits per heavy atom. The van der Waals surface area contributed by atoms with Gasteiger partial charge in [0.1, 0.15) is 36.6 Å². The van der Waals surface area contributed by atoms with E-state index in [9.17, 15) is 49.2 Å². The lowest BCUT2D eigenvalue weighted by Gasteiger charge is -2.40. The highest BCUT2D eigenvalue weighted by atomic mass is 35.6. The first-order valence-corrected chi connectivity index (χ1v) is 36.0. The first-order chi connectivity index (χ1) is 34.5. The number of nitrogens with one attached hydrogen (secondary N) is 3. The molecule has 3 unspecified atom stereocenters. The van der Waals surface area contributed by atoms with Crippen LogP contribution in [0.4, 0.5) is 0 Å². The Kier molecular flexibility index (Phi) is 22.3. The van der Waals surface area contributed by atoms with Crippen LogP contribution in [0, 0.1) is 20.8 Å². The SMILES string of the molecule is CC(C)(C)[Si](C)(C)Cl.CC[C@H]1O[C@@H](n2cc(C)c(=O)[nH]c2=O)[C@@H](O)C1O.CC[C@H]1O[C@@H](n2cc(C)c(=O)[nH]c2=O)[C@@H](O)C1O[Si](C)(C)C(C)(C)C.CC[C@H]1O[C@@H](n2cc(C)c(=O)[nH]c2=O)[C@@H](O[Si](C)(C)C(C)(C)C)C1O. The van der Waals surface area contributed by atoms with Gasteiger partial charge in [0.05, 0.1) is 18.3 Å². The second kappa shape index (κ2) is 25.4. The van der Waals surface area contributed by atoms with Crippen LogP contribution in [0.2, 0.25) is 54.4 Å². The molecule has 76 heavy (non-hydrogen) atoms. The molecule has 21 nitrogen and oxygen atoms in total. The molecule has 434 valence electrons. The van der Waals surface area contributed by atoms with Crippen LogP contribution in [0.5, 0.6) is 0 Å². The van der Waals surface area contributed by atoms with Crippen molar-refractivity contribution in [1.82, 2.24) is 28.7 Å². The average Bonchev–Trinajstić information content (AvgIpc) is 3.87. The highest BCUT2D eigenvalue weighted by Crippen LogP contribution is 2.44. The molecule has 12 atom stereocenters. The highest BCUT2D eigenvalue weighted by molar-refractivity contribution is 7.20. The molecule has 0 aliphatic carbocycles. The first kappa shape index (κ1) is 66.9. The van der Waals surface area contributed by atoms with Gasteiger partial charge in [-0.05, 0) is 81.3 Å². The van der Waals surface area contributed by atoms with Crippen molar-refractivity contribution in [3.63, 3.8) is 0 Å². The minimum absolute atomic E-state index is 0.00545. The monoisotopic (exact) mass is 1150 g/mol. The molecule has 0 amide bonds. The number of aliphatic hydroxyl groups is 4. The van der Waals surface area contributed by atoms with Gasteiger partial charge < -0.3 is 43.5 Å². The summed E-state index contributed by atoms with van der Waals surface area (Å²) < 4.78 is 33.8. The van der Waals surface area contributed by atoms with Crippen LogP contribution >= 0.6 is 11.1 Å². The summed E-state index contributed by atoms with van der Waals surface area (Å²) in [6.45, 7) is 42.6. The Morgan fingerprint density at radius 1 is 0.487 bits per heavy atom. The fourth-order valence-corrected chi connectivity index (χ4v) is 10.1. The van der Waals surface area contributed by atoms with Gasteiger partial charge in [-0.1, -0.05) is 96.2 Å². The quantitative estimate of drug-likeness (QED) is 0.0917. The summed E-state index contributed by atoms with van der Waals surface area (Å²) in [4.78, 5) is 77.3. The Morgan fingerprint density at radius 2 is 0.776 bits per heavy atom. The van der Waals surface area contributed by atoms with E-state index in [4.69, 9.17) is 34.1 Å². The summed E-state index contributed by atoms with van der Waals surface area (Å²) in [6.07, 6.45) is -3.09. The molecule has 6 heterocycles. The van der Waals surface area contributed by atoms with Crippen LogP contribution in [0.25, 0.3) is 0 Å². The van der Waals surface area contributed by atoms with E-state index in [1.165, 1.54) is 27.7 Å². The van der Waals surface area contributed by atoms with E-state index in [0.29, 0.717) is 41.0 Å². The predicted molar refractivity (Wildman–Crippen MR) is 302 cm³/mol. The van der Waals surface area contributed by atoms with Gasteiger partial charge in [0.2, 0.25) is 0 Å². The molecule has 3 aromatic heterocycles. The molecule has 3 aliphatic rings. The fraction of sp³-hybridized carbons (Fsp3) is 0.765. The third-order valence-corrected chi connectivity index (χ3v) is 29.9. The zero-order valence-electron chi connectivity index (χ0n) is 48.8. The zero-order valence-corrected chi connectivity index (χ0v) is 52.5. The highest BCUT2D eigenvalue weighted by Gasteiger charge is 2.52. The maximum absolute atomic E-state index is 12.3. The van der Waals surface area contributed by atoms with Crippen LogP contribution < -0.4 is 33.7 Å². The van der Waals surface area contributed by atoms with Gasteiger partial charge in [-0.2, -0.15) is 11.1 Å². The third kappa shape index (κ3) is 15.7. The fourth-order valence-electron chi connectivity index (χ4n) is 7.49. The summed E-state index contributed by atoms with van der Waals surface area (Å²) in [5.74, 6) is 0. The molecule has 7 N–H and O–H groups in total. The van der Waals surface area contributed by atoms with Crippen molar-refractivity contribution in [2.75, 3.05) is 0 Å². The van der Waals surface area contributed by atoms with Crippen molar-refractivity contribution in [1.29, 1.82) is 0 Å². The maximum Gasteiger partial charge on any atom is 0.330 e. The number of aryl methyl sites for hydroxylation is 3. The van der Waals surface area contributed by atoms with E-state index < -0.39 is 125 Å². The van der Waals surface area contributed by atoms with E-state index in [1.807, 2.05) is 20.8 Å². The lowest BCUT2D eigenvalue weighted by atomic mass is 10.1. The molecular formula is C51H91ClN6O15Si3. The maximum atomic E-state index is 12.3. The molecule has 0 radical (unpaired) electrons. The summed E-state index contributed by atoms with van der Waals surface area (Å²) >= 11 is 6.15. The summed E-state index contributed by atoms with van der Waals surface area (Å²) in [5.41, 5.74) is -2.03. The molecule has 0 saturated carbocycles. The van der Waals surface area contributed by atoms with Crippen LogP contribution in [0.3, 0.4) is 0 Å². The number of halogens is 1. The Hall–Kier alpha value is -3.38. The number of hydrogen-bond donors (Lipinski definition) is 7. The number of H-pyrrole nitrogens is 3. The average molecular weight is 1150 g/mol. The molecule has 0 aromatic carbocycles. The van der Waals surface area contributed by atoms with Crippen molar-refractivity contribution in [3.8, 4) is 0 Å². The van der Waals surface area contributed by atoms with Crippen molar-refractivity contribution < 1.29 is 43.5 Å². The van der Waals surface area contributed by atoms with E-state index in [1.54, 1.807) is 20.8 Å². The van der Waals surface area contributed by atoms with Crippen LogP contribution in [0.15, 0.2) is 47.4 Å². The molecule has 3 saturated heterocycles. The van der Waals surface area contributed by atoms with E-state index in [-0.39, 0.29) is 16.2 Å². The molecule has 6 rings (SSSR count). The number of rotatable bonds is 10. The minimum Gasteiger partial charge on any atom is -0.408 e. The topological polar surface area (TPSA) is 292 Å². The largest absolute Gasteiger partial charge is 0.408 e. The van der Waals surface area contributed by atoms with E-state index >= 15 is 0 Å². The molecule has 0 spiro atoms. The van der Waals surface area contributed by atoms with E-state index in [2.05, 4.69) is 117 Å². The Bertz CT molecular complexity index is 2770. The van der Waals surface area contributed by atoms with Crippen LogP contribution in [-0.2, 0) is 23.1 Å². The second-order valence-corrected chi connectivity index (χ2v) is 41.5. The van der Waals surface area contributed by atoms with Crippen LogP contribution in [0.1, 0.15) is 138 Å². The van der Waals surface area contributed by atoms with Gasteiger partial charge in [0.15, 0.2) is 42.7 Å². The smallest absolute Gasteiger partial charge is 0.330 e. The molecular weight excluding hydrogens is 1060 g/mol. The van der Waals surface area contributed by atoms with Crippen molar-refractivity contribution in [2.45, 2.75) is 251 Å². The zero-order chi connectivity index (χ0) is 58.8. The minimum atomic E-state index is -2.20. The first-order valence-electron chi connectivity index (χ1n) is 26.2. The molecule has 0 bridgehead atoms. The lowest BCUT2D eigenvalue weighted by molar-refractivity contribution is -0.0406. The second-order valence-electron chi connectivity index (χ2n) is 24.7. The normalized spacial score (nSPS) is 27.2. The Balaban J connectivity index is 0.000000283. The number of aromatic amines is 3. The lowest BCUT2D eigenvalue weighted by Crippen LogP contribution is -2.49. The van der Waals surface area contributed by atoms with Gasteiger partial charge in [-0.15, -0.1) is 0 Å².